The molecule has 0 radical (unpaired) electrons. The van der Waals surface area contributed by atoms with E-state index >= 15 is 0 Å². The predicted molar refractivity (Wildman–Crippen MR) is 75.2 cm³/mol. The van der Waals surface area contributed by atoms with E-state index in [1.807, 2.05) is 6.92 Å². The molecule has 0 atom stereocenters. The summed E-state index contributed by atoms with van der Waals surface area (Å²) in [4.78, 5) is 8.35. The van der Waals surface area contributed by atoms with Crippen molar-refractivity contribution in [2.75, 3.05) is 5.73 Å². The van der Waals surface area contributed by atoms with Gasteiger partial charge in [-0.25, -0.2) is 9.97 Å². The van der Waals surface area contributed by atoms with Gasteiger partial charge in [0, 0.05) is 5.56 Å². The number of hydrogen-bond donors (Lipinski definition) is 1. The topological polar surface area (TPSA) is 51.8 Å². The van der Waals surface area contributed by atoms with Gasteiger partial charge in [0.1, 0.15) is 6.33 Å². The Morgan fingerprint density at radius 2 is 1.78 bits per heavy atom. The van der Waals surface area contributed by atoms with Gasteiger partial charge >= 0.3 is 0 Å². The van der Waals surface area contributed by atoms with E-state index in [9.17, 15) is 0 Å². The average Bonchev–Trinajstić information content (AvgIpc) is 2.33. The Labute approximate surface area is 108 Å². The van der Waals surface area contributed by atoms with Crippen LogP contribution in [0, 0.1) is 12.8 Å². The molecule has 0 spiro atoms. The molecule has 1 heterocycles. The van der Waals surface area contributed by atoms with Crippen LogP contribution in [0.4, 0.5) is 5.69 Å². The van der Waals surface area contributed by atoms with E-state index in [1.165, 1.54) is 5.56 Å². The standard InChI is InChI=1S/C15H19N3/c1-10(2)8-12-4-6-13(7-5-12)15-14(16)11(3)17-9-18-15/h4-7,9-10H,8,16H2,1-3H3. The summed E-state index contributed by atoms with van der Waals surface area (Å²) >= 11 is 0. The molecule has 2 aromatic rings. The number of benzene rings is 1. The molecule has 94 valence electrons. The van der Waals surface area contributed by atoms with Crippen LogP contribution in [-0.2, 0) is 6.42 Å². The molecule has 2 N–H and O–H groups in total. The molecule has 0 saturated heterocycles. The molecular weight excluding hydrogens is 222 g/mol. The summed E-state index contributed by atoms with van der Waals surface area (Å²) < 4.78 is 0. The van der Waals surface area contributed by atoms with Gasteiger partial charge in [-0.15, -0.1) is 0 Å². The smallest absolute Gasteiger partial charge is 0.116 e. The number of rotatable bonds is 3. The molecule has 0 fully saturated rings. The van der Waals surface area contributed by atoms with Crippen LogP contribution in [0.2, 0.25) is 0 Å². The Bertz CT molecular complexity index is 530. The fraction of sp³-hybridized carbons (Fsp3) is 0.333. The number of aryl methyl sites for hydroxylation is 1. The highest BCUT2D eigenvalue weighted by Gasteiger charge is 2.07. The second kappa shape index (κ2) is 5.17. The van der Waals surface area contributed by atoms with E-state index in [2.05, 4.69) is 48.1 Å². The van der Waals surface area contributed by atoms with Crippen molar-refractivity contribution < 1.29 is 0 Å². The number of nitrogen functional groups attached to an aromatic ring is 1. The number of aromatic nitrogens is 2. The number of nitrogens with zero attached hydrogens (tertiary/aromatic N) is 2. The second-order valence-corrected chi connectivity index (χ2v) is 5.02. The van der Waals surface area contributed by atoms with E-state index in [4.69, 9.17) is 5.73 Å². The molecule has 3 heteroatoms. The normalized spacial score (nSPS) is 10.9. The third-order valence-corrected chi connectivity index (χ3v) is 2.95. The Morgan fingerprint density at radius 3 is 2.39 bits per heavy atom. The van der Waals surface area contributed by atoms with Gasteiger partial charge in [0.25, 0.3) is 0 Å². The van der Waals surface area contributed by atoms with Gasteiger partial charge in [0.15, 0.2) is 0 Å². The van der Waals surface area contributed by atoms with Crippen molar-refractivity contribution in [3.63, 3.8) is 0 Å². The zero-order chi connectivity index (χ0) is 13.1. The van der Waals surface area contributed by atoms with Crippen molar-refractivity contribution in [2.45, 2.75) is 27.2 Å². The first-order valence-corrected chi connectivity index (χ1v) is 6.24. The lowest BCUT2D eigenvalue weighted by Gasteiger charge is -2.08. The number of hydrogen-bond acceptors (Lipinski definition) is 3. The maximum absolute atomic E-state index is 6.01. The van der Waals surface area contributed by atoms with Crippen LogP contribution in [0.3, 0.4) is 0 Å². The molecule has 0 unspecified atom stereocenters. The highest BCUT2D eigenvalue weighted by molar-refractivity contribution is 5.73. The number of nitrogens with two attached hydrogens (primary N) is 1. The lowest BCUT2D eigenvalue weighted by atomic mass is 10.0. The van der Waals surface area contributed by atoms with Crippen LogP contribution in [-0.4, -0.2) is 9.97 Å². The molecule has 0 saturated carbocycles. The van der Waals surface area contributed by atoms with Crippen LogP contribution in [0.15, 0.2) is 30.6 Å². The Kier molecular flexibility index (Phi) is 3.60. The summed E-state index contributed by atoms with van der Waals surface area (Å²) in [6, 6.07) is 8.45. The van der Waals surface area contributed by atoms with Gasteiger partial charge in [0.2, 0.25) is 0 Å². The van der Waals surface area contributed by atoms with Gasteiger partial charge in [0.05, 0.1) is 17.1 Å². The molecule has 0 aliphatic carbocycles. The van der Waals surface area contributed by atoms with Crippen molar-refractivity contribution >= 4 is 5.69 Å². The van der Waals surface area contributed by atoms with Crippen LogP contribution in [0.1, 0.15) is 25.1 Å². The first-order chi connectivity index (χ1) is 8.58. The molecule has 0 amide bonds. The van der Waals surface area contributed by atoms with Crippen molar-refractivity contribution in [1.29, 1.82) is 0 Å². The molecule has 1 aromatic heterocycles. The SMILES string of the molecule is Cc1ncnc(-c2ccc(CC(C)C)cc2)c1N. The lowest BCUT2D eigenvalue weighted by Crippen LogP contribution is -1.99. The van der Waals surface area contributed by atoms with Crippen LogP contribution in [0.25, 0.3) is 11.3 Å². The largest absolute Gasteiger partial charge is 0.395 e. The van der Waals surface area contributed by atoms with E-state index in [-0.39, 0.29) is 0 Å². The monoisotopic (exact) mass is 241 g/mol. The molecule has 18 heavy (non-hydrogen) atoms. The third kappa shape index (κ3) is 2.67. The average molecular weight is 241 g/mol. The zero-order valence-electron chi connectivity index (χ0n) is 11.1. The summed E-state index contributed by atoms with van der Waals surface area (Å²) in [6.07, 6.45) is 2.65. The summed E-state index contributed by atoms with van der Waals surface area (Å²) in [5, 5.41) is 0. The molecule has 0 aliphatic heterocycles. The number of anilines is 1. The predicted octanol–water partition coefficient (Wildman–Crippen LogP) is 3.23. The van der Waals surface area contributed by atoms with Crippen molar-refractivity contribution in [1.82, 2.24) is 9.97 Å². The quantitative estimate of drug-likeness (QED) is 0.897. The van der Waals surface area contributed by atoms with Gasteiger partial charge < -0.3 is 5.73 Å². The molecule has 2 rings (SSSR count). The minimum absolute atomic E-state index is 0.661. The van der Waals surface area contributed by atoms with E-state index in [1.54, 1.807) is 6.33 Å². The molecule has 0 aliphatic rings. The summed E-state index contributed by atoms with van der Waals surface area (Å²) in [5.41, 5.74) is 10.7. The molecule has 3 nitrogen and oxygen atoms in total. The Hall–Kier alpha value is -1.90. The first kappa shape index (κ1) is 12.6. The van der Waals surface area contributed by atoms with Crippen LogP contribution >= 0.6 is 0 Å². The Balaban J connectivity index is 2.32. The molecular formula is C15H19N3. The minimum Gasteiger partial charge on any atom is -0.395 e. The van der Waals surface area contributed by atoms with Crippen molar-refractivity contribution in [3.8, 4) is 11.3 Å². The highest BCUT2D eigenvalue weighted by atomic mass is 14.9. The van der Waals surface area contributed by atoms with Gasteiger partial charge in [-0.1, -0.05) is 38.1 Å². The van der Waals surface area contributed by atoms with Gasteiger partial charge in [-0.3, -0.25) is 0 Å². The second-order valence-electron chi connectivity index (χ2n) is 5.02. The fourth-order valence-corrected chi connectivity index (χ4v) is 1.98. The third-order valence-electron chi connectivity index (χ3n) is 2.95. The maximum Gasteiger partial charge on any atom is 0.116 e. The summed E-state index contributed by atoms with van der Waals surface area (Å²) in [6.45, 7) is 6.34. The van der Waals surface area contributed by atoms with Crippen LogP contribution in [0.5, 0.6) is 0 Å². The lowest BCUT2D eigenvalue weighted by molar-refractivity contribution is 0.647. The van der Waals surface area contributed by atoms with Crippen molar-refractivity contribution in [3.05, 3.63) is 41.9 Å². The van der Waals surface area contributed by atoms with E-state index in [0.29, 0.717) is 11.6 Å². The first-order valence-electron chi connectivity index (χ1n) is 6.24. The van der Waals surface area contributed by atoms with Crippen LogP contribution < -0.4 is 5.73 Å². The maximum atomic E-state index is 6.01. The van der Waals surface area contributed by atoms with Crippen molar-refractivity contribution in [2.24, 2.45) is 5.92 Å². The van der Waals surface area contributed by atoms with Gasteiger partial charge in [-0.2, -0.15) is 0 Å². The fourth-order valence-electron chi connectivity index (χ4n) is 1.98. The summed E-state index contributed by atoms with van der Waals surface area (Å²) in [5.74, 6) is 0.669. The zero-order valence-corrected chi connectivity index (χ0v) is 11.1. The molecule has 0 bridgehead atoms. The molecule has 1 aromatic carbocycles. The van der Waals surface area contributed by atoms with E-state index < -0.39 is 0 Å². The summed E-state index contributed by atoms with van der Waals surface area (Å²) in [7, 11) is 0. The van der Waals surface area contributed by atoms with E-state index in [0.717, 1.165) is 23.4 Å². The minimum atomic E-state index is 0.661. The highest BCUT2D eigenvalue weighted by Crippen LogP contribution is 2.25. The Morgan fingerprint density at radius 1 is 1.11 bits per heavy atom. The van der Waals surface area contributed by atoms with Gasteiger partial charge in [-0.05, 0) is 24.8 Å².